The molecule has 8 aromatic rings. The van der Waals surface area contributed by atoms with Crippen molar-refractivity contribution in [2.45, 2.75) is 13.3 Å². The molecule has 0 aliphatic rings. The number of aromatic hydroxyl groups is 2. The molecule has 0 aromatic heterocycles. The van der Waals surface area contributed by atoms with Gasteiger partial charge in [0.05, 0.1) is 69.0 Å². The Labute approximate surface area is 460 Å². The summed E-state index contributed by atoms with van der Waals surface area (Å²) in [6.45, 7) is 1.78. The number of aromatic carboxylic acids is 6. The Morgan fingerprint density at radius 1 is 0.450 bits per heavy atom. The molecule has 0 spiro atoms. The van der Waals surface area contributed by atoms with Gasteiger partial charge in [0.1, 0.15) is 17.2 Å². The maximum Gasteiger partial charge on any atom is 0.336 e. The van der Waals surface area contributed by atoms with Crippen LogP contribution in [0.25, 0.3) is 10.8 Å². The molecule has 80 heavy (non-hydrogen) atoms. The molecular weight excluding hydrogens is 1060 g/mol. The van der Waals surface area contributed by atoms with Crippen LogP contribution in [-0.4, -0.2) is 94.9 Å². The average molecular weight is 1120 g/mol. The van der Waals surface area contributed by atoms with E-state index < -0.39 is 41.8 Å². The second kappa shape index (κ2) is 31.6. The van der Waals surface area contributed by atoms with E-state index in [4.69, 9.17) is 96.7 Å². The minimum atomic E-state index is -1.08. The smallest absolute Gasteiger partial charge is 0.336 e. The summed E-state index contributed by atoms with van der Waals surface area (Å²) in [7, 11) is 1.44. The Balaban J connectivity index is 0.000000320. The second-order valence-electron chi connectivity index (χ2n) is 16.0. The maximum absolute atomic E-state index is 10.9. The number of benzene rings is 8. The number of aryl methyl sites for hydroxylation is 1. The fraction of sp³-hybridized carbons (Fsp3) is 0.0536. The first-order valence-electron chi connectivity index (χ1n) is 22.5. The second-order valence-corrected chi connectivity index (χ2v) is 16.4. The number of rotatable bonds is 9. The molecule has 0 radical (unpaired) electrons. The van der Waals surface area contributed by atoms with Crippen LogP contribution in [0.5, 0.6) is 17.2 Å². The molecule has 0 bridgehead atoms. The van der Waals surface area contributed by atoms with Crippen molar-refractivity contribution in [3.8, 4) is 17.2 Å². The third kappa shape index (κ3) is 22.3. The van der Waals surface area contributed by atoms with Gasteiger partial charge in [0.2, 0.25) is 0 Å². The van der Waals surface area contributed by atoms with Crippen molar-refractivity contribution in [1.82, 2.24) is 0 Å². The number of fused-ring (bicyclic) bond motifs is 1. The molecule has 0 saturated carbocycles. The quantitative estimate of drug-likeness (QED) is 0.0474. The molecule has 418 valence electrons. The van der Waals surface area contributed by atoms with E-state index in [0.717, 1.165) is 22.6 Å². The number of nitrogens with two attached hydrogens (primary N) is 6. The van der Waals surface area contributed by atoms with Crippen LogP contribution in [0.2, 0.25) is 5.02 Å². The van der Waals surface area contributed by atoms with Gasteiger partial charge in [-0.2, -0.15) is 0 Å². The summed E-state index contributed by atoms with van der Waals surface area (Å²) in [6.07, 6.45) is 0.0558. The molecule has 0 fully saturated rings. The minimum Gasteiger partial charge on any atom is -0.508 e. The van der Waals surface area contributed by atoms with E-state index in [1.807, 2.05) is 6.07 Å². The Kier molecular flexibility index (Phi) is 25.7. The van der Waals surface area contributed by atoms with Gasteiger partial charge >= 0.3 is 41.8 Å². The van der Waals surface area contributed by atoms with Gasteiger partial charge in [-0.15, -0.1) is 0 Å². The van der Waals surface area contributed by atoms with E-state index in [0.29, 0.717) is 45.1 Å². The van der Waals surface area contributed by atoms with Crippen molar-refractivity contribution in [2.75, 3.05) is 41.5 Å². The van der Waals surface area contributed by atoms with Crippen LogP contribution in [0.15, 0.2) is 158 Å². The lowest BCUT2D eigenvalue weighted by Crippen LogP contribution is -1.99. The van der Waals surface area contributed by atoms with Crippen LogP contribution in [0.3, 0.4) is 0 Å². The molecule has 0 saturated heterocycles. The highest BCUT2D eigenvalue weighted by molar-refractivity contribution is 6.33. The number of phenols is 2. The third-order valence-electron chi connectivity index (χ3n) is 10.1. The van der Waals surface area contributed by atoms with E-state index >= 15 is 0 Å². The summed E-state index contributed by atoms with van der Waals surface area (Å²) in [6, 6.07) is 39.4. The van der Waals surface area contributed by atoms with E-state index in [9.17, 15) is 33.6 Å². The lowest BCUT2D eigenvalue weighted by Gasteiger charge is -2.03. The fourth-order valence-electron chi connectivity index (χ4n) is 5.89. The van der Waals surface area contributed by atoms with Gasteiger partial charge in [0.25, 0.3) is 0 Å². The molecule has 8 aromatic carbocycles. The van der Waals surface area contributed by atoms with Crippen molar-refractivity contribution >= 4 is 98.3 Å². The van der Waals surface area contributed by atoms with E-state index in [-0.39, 0.29) is 56.4 Å². The van der Waals surface area contributed by atoms with Crippen LogP contribution < -0.4 is 39.1 Å². The molecule has 0 heterocycles. The predicted molar refractivity (Wildman–Crippen MR) is 302 cm³/mol. The van der Waals surface area contributed by atoms with Crippen molar-refractivity contribution in [3.05, 3.63) is 207 Å². The Morgan fingerprint density at radius 3 is 1.36 bits per heavy atom. The van der Waals surface area contributed by atoms with Crippen LogP contribution in [0, 0.1) is 6.92 Å². The summed E-state index contributed by atoms with van der Waals surface area (Å²) in [5, 5.41) is 79.4. The number of hydrogen-bond acceptors (Lipinski definition) is 16. The molecule has 23 nitrogen and oxygen atoms in total. The molecular formula is C56H55ClN6O17. The van der Waals surface area contributed by atoms with Crippen molar-refractivity contribution in [1.29, 1.82) is 0 Å². The van der Waals surface area contributed by atoms with Crippen LogP contribution >= 0.6 is 11.6 Å². The molecule has 24 heteroatoms. The van der Waals surface area contributed by atoms with E-state index in [1.165, 1.54) is 86.0 Å². The Bertz CT molecular complexity index is 3320. The van der Waals surface area contributed by atoms with Crippen LogP contribution in [0.4, 0.5) is 34.1 Å². The summed E-state index contributed by atoms with van der Waals surface area (Å²) in [5.41, 5.74) is 38.2. The highest BCUT2D eigenvalue weighted by atomic mass is 35.5. The third-order valence-corrected chi connectivity index (χ3v) is 10.4. The number of ether oxygens (including phenoxy) is 1. The van der Waals surface area contributed by atoms with Gasteiger partial charge in [-0.25, -0.2) is 28.8 Å². The monoisotopic (exact) mass is 1120 g/mol. The Morgan fingerprint density at radius 2 is 0.900 bits per heavy atom. The number of carboxylic acids is 7. The molecule has 0 unspecified atom stereocenters. The SMILES string of the molecule is COc1cc(C(=O)O)ccc1N.Cc1cc(C(=O)O)ccc1N.Nc1ccc(C(=O)O)cc1Cl.Nc1ccc(C(=O)O)cc1O.Nc1ccc(CC(=O)O)cc1.Nc1ccc2c(C(=O)O)cccc2c1.O=C(O)c1ccc(O)cc1. The number of halogens is 1. The first-order valence-corrected chi connectivity index (χ1v) is 22.9. The highest BCUT2D eigenvalue weighted by Crippen LogP contribution is 2.24. The van der Waals surface area contributed by atoms with Gasteiger partial charge in [-0.05, 0) is 156 Å². The van der Waals surface area contributed by atoms with Crippen molar-refractivity contribution in [2.24, 2.45) is 0 Å². The standard InChI is InChI=1S/C11H9NO2.C8H9NO3.2C8H9NO2.C7H6ClNO2.C7H7NO3.C7H6O3/c12-8-4-5-9-7(6-8)2-1-3-10(9)11(13)14;1-12-7-4-5(8(10)11)2-3-6(7)9;1-5-4-6(8(10)11)2-3-7(5)9;9-7-3-1-6(2-4-7)5-8(10)11;8-5-3-4(7(10)11)1-2-6(5)9;8-5-2-1-4(7(10)11)3-6(5)9;8-6-3-1-5(2-4-6)7(9)10/h1-6H,12H2,(H,13,14);2-4H,9H2,1H3,(H,10,11);2-4H,9H2,1H3,(H,10,11);1-4H,5,9H2,(H,10,11);1-3H,9H2,(H,10,11);1-3,9H,8H2,(H,10,11);1-4,8H,(H,9,10). The zero-order valence-electron chi connectivity index (χ0n) is 42.4. The van der Waals surface area contributed by atoms with Gasteiger partial charge in [0.15, 0.2) is 0 Å². The van der Waals surface area contributed by atoms with Gasteiger partial charge in [-0.1, -0.05) is 41.9 Å². The number of anilines is 6. The molecule has 0 aliphatic heterocycles. The van der Waals surface area contributed by atoms with E-state index in [2.05, 4.69) is 0 Å². The summed E-state index contributed by atoms with van der Waals surface area (Å²) in [4.78, 5) is 72.9. The first-order chi connectivity index (χ1) is 37.5. The van der Waals surface area contributed by atoms with Gasteiger partial charge in [-0.3, -0.25) is 4.79 Å². The maximum atomic E-state index is 10.9. The average Bonchev–Trinajstić information content (AvgIpc) is 3.40. The lowest BCUT2D eigenvalue weighted by atomic mass is 10.0. The fourth-order valence-corrected chi connectivity index (χ4v) is 6.07. The normalized spacial score (nSPS) is 9.59. The highest BCUT2D eigenvalue weighted by Gasteiger charge is 2.09. The molecule has 0 atom stereocenters. The van der Waals surface area contributed by atoms with Crippen LogP contribution in [-0.2, 0) is 11.2 Å². The van der Waals surface area contributed by atoms with Gasteiger partial charge < -0.3 is 85.1 Å². The largest absolute Gasteiger partial charge is 0.508 e. The number of methoxy groups -OCH3 is 1. The minimum absolute atomic E-state index is 0.0247. The number of carboxylic acid groups (broad SMARTS) is 7. The zero-order valence-corrected chi connectivity index (χ0v) is 43.1. The molecule has 0 aliphatic carbocycles. The summed E-state index contributed by atoms with van der Waals surface area (Å²) < 4.78 is 4.85. The number of phenolic OH excluding ortho intramolecular Hbond substituents is 2. The number of aliphatic carboxylic acids is 1. The number of carbonyl (C=O) groups is 7. The van der Waals surface area contributed by atoms with E-state index in [1.54, 1.807) is 73.7 Å². The number of nitrogen functional groups attached to an aromatic ring is 6. The predicted octanol–water partition coefficient (Wildman–Crippen LogP) is 8.65. The Hall–Kier alpha value is -11.2. The van der Waals surface area contributed by atoms with Crippen molar-refractivity contribution in [3.63, 3.8) is 0 Å². The van der Waals surface area contributed by atoms with Gasteiger partial charge in [0, 0.05) is 17.1 Å². The summed E-state index contributed by atoms with van der Waals surface area (Å²) in [5.74, 6) is -6.48. The summed E-state index contributed by atoms with van der Waals surface area (Å²) >= 11 is 5.57. The van der Waals surface area contributed by atoms with Crippen molar-refractivity contribution < 1.29 is 84.3 Å². The lowest BCUT2D eigenvalue weighted by molar-refractivity contribution is -0.136. The first kappa shape index (κ1) is 64.9. The van der Waals surface area contributed by atoms with Crippen LogP contribution in [0.1, 0.15) is 73.3 Å². The molecule has 0 amide bonds. The molecule has 8 rings (SSSR count). The molecule has 21 N–H and O–H groups in total. The topological polar surface area (TPSA) is 467 Å². The zero-order chi connectivity index (χ0) is 60.4. The number of hydrogen-bond donors (Lipinski definition) is 15.